The van der Waals surface area contributed by atoms with Crippen LogP contribution in [0.1, 0.15) is 36.0 Å². The molecule has 1 aliphatic carbocycles. The average Bonchev–Trinajstić information content (AvgIpc) is 3.21. The summed E-state index contributed by atoms with van der Waals surface area (Å²) >= 11 is 0. The van der Waals surface area contributed by atoms with E-state index in [1.54, 1.807) is 6.07 Å². The normalized spacial score (nSPS) is 18.0. The molecule has 2 aliphatic rings. The average molecular weight is 400 g/mol. The Labute approximate surface area is 166 Å². The second-order valence-corrected chi connectivity index (χ2v) is 9.49. The van der Waals surface area contributed by atoms with Crippen molar-refractivity contribution in [3.63, 3.8) is 0 Å². The summed E-state index contributed by atoms with van der Waals surface area (Å²) in [6, 6.07) is 15.1. The van der Waals surface area contributed by atoms with Crippen LogP contribution in [0.25, 0.3) is 0 Å². The van der Waals surface area contributed by atoms with Crippen molar-refractivity contribution in [3.05, 3.63) is 65.2 Å². The number of hydrogen-bond donors (Lipinski definition) is 0. The Balaban J connectivity index is 1.35. The summed E-state index contributed by atoms with van der Waals surface area (Å²) < 4.78 is 32.9. The van der Waals surface area contributed by atoms with E-state index in [9.17, 15) is 13.2 Å². The molecule has 2 aromatic rings. The lowest BCUT2D eigenvalue weighted by atomic mass is 9.98. The van der Waals surface area contributed by atoms with E-state index in [2.05, 4.69) is 0 Å². The quantitative estimate of drug-likeness (QED) is 0.724. The van der Waals surface area contributed by atoms with Gasteiger partial charge in [-0.05, 0) is 60.9 Å². The van der Waals surface area contributed by atoms with Crippen LogP contribution in [0.4, 0.5) is 0 Å². The van der Waals surface area contributed by atoms with Gasteiger partial charge in [-0.15, -0.1) is 0 Å². The first-order chi connectivity index (χ1) is 13.5. The zero-order chi connectivity index (χ0) is 19.6. The van der Waals surface area contributed by atoms with Crippen molar-refractivity contribution >= 4 is 16.0 Å². The summed E-state index contributed by atoms with van der Waals surface area (Å²) in [5.74, 6) is -0.478. The fourth-order valence-corrected chi connectivity index (χ4v) is 5.56. The molecular formula is C22H25NO4S. The fraction of sp³-hybridized carbons (Fsp3) is 0.409. The SMILES string of the molecule is O=C(OCc1ccccc1)C1CCN(S(=O)(=O)c2ccc3c(c2)CCC3)CC1. The van der Waals surface area contributed by atoms with Gasteiger partial charge >= 0.3 is 5.97 Å². The molecular weight excluding hydrogens is 374 g/mol. The van der Waals surface area contributed by atoms with Gasteiger partial charge in [0.05, 0.1) is 10.8 Å². The number of nitrogens with zero attached hydrogens (tertiary/aromatic N) is 1. The molecule has 1 saturated heterocycles. The van der Waals surface area contributed by atoms with E-state index in [1.807, 2.05) is 42.5 Å². The predicted octanol–water partition coefficient (Wildman–Crippen LogP) is 3.32. The lowest BCUT2D eigenvalue weighted by molar-refractivity contribution is -0.151. The molecule has 1 aliphatic heterocycles. The smallest absolute Gasteiger partial charge is 0.309 e. The lowest BCUT2D eigenvalue weighted by Gasteiger charge is -2.30. The summed E-state index contributed by atoms with van der Waals surface area (Å²) in [4.78, 5) is 12.7. The van der Waals surface area contributed by atoms with Gasteiger partial charge in [0.1, 0.15) is 6.61 Å². The van der Waals surface area contributed by atoms with Crippen LogP contribution >= 0.6 is 0 Å². The fourth-order valence-electron chi connectivity index (χ4n) is 4.04. The van der Waals surface area contributed by atoms with Gasteiger partial charge in [-0.3, -0.25) is 4.79 Å². The number of aryl methyl sites for hydroxylation is 2. The number of carbonyl (C=O) groups excluding carboxylic acids is 1. The third-order valence-electron chi connectivity index (χ3n) is 5.72. The first-order valence-corrected chi connectivity index (χ1v) is 11.3. The zero-order valence-electron chi connectivity index (χ0n) is 15.8. The van der Waals surface area contributed by atoms with Gasteiger partial charge in [-0.25, -0.2) is 8.42 Å². The second-order valence-electron chi connectivity index (χ2n) is 7.56. The molecule has 5 nitrogen and oxygen atoms in total. The molecule has 1 heterocycles. The van der Waals surface area contributed by atoms with E-state index in [-0.39, 0.29) is 18.5 Å². The number of fused-ring (bicyclic) bond motifs is 1. The lowest BCUT2D eigenvalue weighted by Crippen LogP contribution is -2.40. The molecule has 0 unspecified atom stereocenters. The van der Waals surface area contributed by atoms with E-state index >= 15 is 0 Å². The summed E-state index contributed by atoms with van der Waals surface area (Å²) in [5.41, 5.74) is 3.37. The Morgan fingerprint density at radius 2 is 1.71 bits per heavy atom. The van der Waals surface area contributed by atoms with Crippen LogP contribution in [0.15, 0.2) is 53.4 Å². The number of piperidine rings is 1. The number of ether oxygens (including phenoxy) is 1. The van der Waals surface area contributed by atoms with Gasteiger partial charge in [0, 0.05) is 13.1 Å². The van der Waals surface area contributed by atoms with Crippen LogP contribution in [0.5, 0.6) is 0 Å². The minimum atomic E-state index is -3.51. The maximum Gasteiger partial charge on any atom is 0.309 e. The van der Waals surface area contributed by atoms with E-state index < -0.39 is 10.0 Å². The van der Waals surface area contributed by atoms with Crippen LogP contribution in [0.3, 0.4) is 0 Å². The molecule has 1 fully saturated rings. The Morgan fingerprint density at radius 3 is 2.46 bits per heavy atom. The number of carbonyl (C=O) groups is 1. The molecule has 0 atom stereocenters. The first-order valence-electron chi connectivity index (χ1n) is 9.86. The van der Waals surface area contributed by atoms with Gasteiger partial charge in [0.25, 0.3) is 0 Å². The number of esters is 1. The molecule has 0 aromatic heterocycles. The van der Waals surface area contributed by atoms with Crippen molar-refractivity contribution in [3.8, 4) is 0 Å². The molecule has 6 heteroatoms. The molecule has 0 amide bonds. The third kappa shape index (κ3) is 3.98. The van der Waals surface area contributed by atoms with Gasteiger partial charge in [0.2, 0.25) is 10.0 Å². The highest BCUT2D eigenvalue weighted by molar-refractivity contribution is 7.89. The standard InChI is InChI=1S/C22H25NO4S/c24-22(27-16-17-5-2-1-3-6-17)19-11-13-23(14-12-19)28(25,26)21-10-9-18-7-4-8-20(18)15-21/h1-3,5-6,9-10,15,19H,4,7-8,11-14,16H2. The van der Waals surface area contributed by atoms with Crippen molar-refractivity contribution in [1.82, 2.24) is 4.31 Å². The van der Waals surface area contributed by atoms with Crippen molar-refractivity contribution < 1.29 is 17.9 Å². The second kappa shape index (κ2) is 8.05. The van der Waals surface area contributed by atoms with Gasteiger partial charge < -0.3 is 4.74 Å². The molecule has 0 radical (unpaired) electrons. The van der Waals surface area contributed by atoms with Crippen LogP contribution in [0.2, 0.25) is 0 Å². The Morgan fingerprint density at radius 1 is 1.00 bits per heavy atom. The molecule has 28 heavy (non-hydrogen) atoms. The number of benzene rings is 2. The van der Waals surface area contributed by atoms with Crippen molar-refractivity contribution in [2.45, 2.75) is 43.6 Å². The summed E-state index contributed by atoms with van der Waals surface area (Å²) in [7, 11) is -3.51. The van der Waals surface area contributed by atoms with Gasteiger partial charge in [-0.1, -0.05) is 36.4 Å². The number of hydrogen-bond acceptors (Lipinski definition) is 4. The zero-order valence-corrected chi connectivity index (χ0v) is 16.7. The molecule has 148 valence electrons. The summed E-state index contributed by atoms with van der Waals surface area (Å²) in [5, 5.41) is 0. The van der Waals surface area contributed by atoms with Crippen LogP contribution in [-0.2, 0) is 39.0 Å². The topological polar surface area (TPSA) is 63.7 Å². The van der Waals surface area contributed by atoms with E-state index in [1.165, 1.54) is 9.87 Å². The van der Waals surface area contributed by atoms with E-state index in [4.69, 9.17) is 4.74 Å². The van der Waals surface area contributed by atoms with E-state index in [0.29, 0.717) is 30.8 Å². The maximum atomic E-state index is 13.0. The van der Waals surface area contributed by atoms with E-state index in [0.717, 1.165) is 30.4 Å². The van der Waals surface area contributed by atoms with Crippen molar-refractivity contribution in [1.29, 1.82) is 0 Å². The molecule has 2 aromatic carbocycles. The highest BCUT2D eigenvalue weighted by Gasteiger charge is 2.33. The molecule has 0 bridgehead atoms. The minimum absolute atomic E-state index is 0.238. The van der Waals surface area contributed by atoms with Gasteiger partial charge in [-0.2, -0.15) is 4.31 Å². The first kappa shape index (κ1) is 19.2. The highest BCUT2D eigenvalue weighted by atomic mass is 32.2. The van der Waals surface area contributed by atoms with Crippen LogP contribution < -0.4 is 0 Å². The van der Waals surface area contributed by atoms with Crippen molar-refractivity contribution in [2.24, 2.45) is 5.92 Å². The Hall–Kier alpha value is -2.18. The minimum Gasteiger partial charge on any atom is -0.461 e. The Kier molecular flexibility index (Phi) is 5.51. The molecule has 0 N–H and O–H groups in total. The van der Waals surface area contributed by atoms with Crippen LogP contribution in [-0.4, -0.2) is 31.8 Å². The number of sulfonamides is 1. The molecule has 0 spiro atoms. The third-order valence-corrected chi connectivity index (χ3v) is 7.61. The van der Waals surface area contributed by atoms with Crippen molar-refractivity contribution in [2.75, 3.05) is 13.1 Å². The van der Waals surface area contributed by atoms with Crippen LogP contribution in [0, 0.1) is 5.92 Å². The monoisotopic (exact) mass is 399 g/mol. The Bertz CT molecular complexity index is 948. The van der Waals surface area contributed by atoms with Gasteiger partial charge in [0.15, 0.2) is 0 Å². The number of rotatable bonds is 5. The largest absolute Gasteiger partial charge is 0.461 e. The highest BCUT2D eigenvalue weighted by Crippen LogP contribution is 2.29. The molecule has 4 rings (SSSR count). The maximum absolute atomic E-state index is 13.0. The summed E-state index contributed by atoms with van der Waals surface area (Å²) in [6.45, 7) is 0.961. The molecule has 0 saturated carbocycles. The summed E-state index contributed by atoms with van der Waals surface area (Å²) in [6.07, 6.45) is 4.07. The predicted molar refractivity (Wildman–Crippen MR) is 106 cm³/mol.